The van der Waals surface area contributed by atoms with Crippen LogP contribution in [0.5, 0.6) is 0 Å². The van der Waals surface area contributed by atoms with E-state index in [9.17, 15) is 4.79 Å². The molecule has 0 atom stereocenters. The fourth-order valence-corrected chi connectivity index (χ4v) is 1.84. The van der Waals surface area contributed by atoms with Gasteiger partial charge in [-0.1, -0.05) is 51.1 Å². The molecule has 20 heavy (non-hydrogen) atoms. The maximum Gasteiger partial charge on any atom is 0.311 e. The number of aliphatic carboxylic acids is 1. The van der Waals surface area contributed by atoms with Crippen LogP contribution in [-0.2, 0) is 23.2 Å². The number of rotatable bonds is 4. The van der Waals surface area contributed by atoms with E-state index in [1.54, 1.807) is 4.68 Å². The summed E-state index contributed by atoms with van der Waals surface area (Å²) in [6.45, 7) is 6.58. The van der Waals surface area contributed by atoms with Crippen molar-refractivity contribution in [2.24, 2.45) is 0 Å². The number of nitrogens with zero attached hydrogens (tertiary/aromatic N) is 3. The smallest absolute Gasteiger partial charge is 0.311 e. The molecule has 1 aromatic carbocycles. The Hall–Kier alpha value is -2.17. The van der Waals surface area contributed by atoms with Crippen molar-refractivity contribution in [1.82, 2.24) is 14.8 Å². The van der Waals surface area contributed by atoms with E-state index in [4.69, 9.17) is 5.11 Å². The van der Waals surface area contributed by atoms with Gasteiger partial charge in [0.15, 0.2) is 5.82 Å². The molecule has 106 valence electrons. The van der Waals surface area contributed by atoms with Gasteiger partial charge in [0.05, 0.1) is 6.54 Å². The van der Waals surface area contributed by atoms with Crippen LogP contribution < -0.4 is 0 Å². The SMILES string of the molecule is CC(C)(C)c1nc(CC(=O)O)n(Cc2ccccc2)n1. The first-order valence-corrected chi connectivity index (χ1v) is 6.56. The molecule has 0 spiro atoms. The Morgan fingerprint density at radius 3 is 2.45 bits per heavy atom. The Morgan fingerprint density at radius 2 is 1.90 bits per heavy atom. The second-order valence-electron chi connectivity index (χ2n) is 5.82. The van der Waals surface area contributed by atoms with E-state index in [0.717, 1.165) is 5.56 Å². The van der Waals surface area contributed by atoms with Gasteiger partial charge in [0.1, 0.15) is 12.2 Å². The summed E-state index contributed by atoms with van der Waals surface area (Å²) in [4.78, 5) is 15.3. The van der Waals surface area contributed by atoms with Crippen LogP contribution in [0.1, 0.15) is 38.0 Å². The molecule has 0 aliphatic rings. The average Bonchev–Trinajstić information content (AvgIpc) is 2.73. The third kappa shape index (κ3) is 3.44. The summed E-state index contributed by atoms with van der Waals surface area (Å²) in [5.74, 6) is 0.267. The number of hydrogen-bond acceptors (Lipinski definition) is 3. The molecule has 5 heteroatoms. The minimum Gasteiger partial charge on any atom is -0.481 e. The first kappa shape index (κ1) is 14.2. The Kier molecular flexibility index (Phi) is 3.88. The Bertz CT molecular complexity index is 597. The van der Waals surface area contributed by atoms with E-state index in [2.05, 4.69) is 10.1 Å². The summed E-state index contributed by atoms with van der Waals surface area (Å²) >= 11 is 0. The summed E-state index contributed by atoms with van der Waals surface area (Å²) in [5.41, 5.74) is 0.874. The van der Waals surface area contributed by atoms with Gasteiger partial charge in [-0.15, -0.1) is 0 Å². The second-order valence-corrected chi connectivity index (χ2v) is 5.82. The Morgan fingerprint density at radius 1 is 1.25 bits per heavy atom. The lowest BCUT2D eigenvalue weighted by Gasteiger charge is -2.12. The van der Waals surface area contributed by atoms with Gasteiger partial charge in [0.2, 0.25) is 0 Å². The van der Waals surface area contributed by atoms with E-state index >= 15 is 0 Å². The van der Waals surface area contributed by atoms with Crippen LogP contribution in [0.2, 0.25) is 0 Å². The molecule has 0 aliphatic heterocycles. The average molecular weight is 273 g/mol. The highest BCUT2D eigenvalue weighted by atomic mass is 16.4. The van der Waals surface area contributed by atoms with Crippen molar-refractivity contribution in [3.8, 4) is 0 Å². The molecule has 1 N–H and O–H groups in total. The summed E-state index contributed by atoms with van der Waals surface area (Å²) in [6.07, 6.45) is -0.115. The normalized spacial score (nSPS) is 11.6. The number of benzene rings is 1. The minimum atomic E-state index is -0.896. The molecule has 0 amide bonds. The standard InChI is InChI=1S/C15H19N3O2/c1-15(2,3)14-16-12(9-13(19)20)18(17-14)10-11-7-5-4-6-8-11/h4-8H,9-10H2,1-3H3,(H,19,20). The van der Waals surface area contributed by atoms with E-state index in [1.165, 1.54) is 0 Å². The quantitative estimate of drug-likeness (QED) is 0.927. The maximum atomic E-state index is 11.0. The third-order valence-corrected chi connectivity index (χ3v) is 2.90. The fourth-order valence-electron chi connectivity index (χ4n) is 1.84. The predicted octanol–water partition coefficient (Wildman–Crippen LogP) is 2.25. The first-order valence-electron chi connectivity index (χ1n) is 6.56. The summed E-state index contributed by atoms with van der Waals surface area (Å²) in [5, 5.41) is 13.5. The predicted molar refractivity (Wildman–Crippen MR) is 75.6 cm³/mol. The van der Waals surface area contributed by atoms with Gasteiger partial charge in [0.25, 0.3) is 0 Å². The van der Waals surface area contributed by atoms with Crippen molar-refractivity contribution < 1.29 is 9.90 Å². The van der Waals surface area contributed by atoms with E-state index in [1.807, 2.05) is 51.1 Å². The van der Waals surface area contributed by atoms with Crippen molar-refractivity contribution >= 4 is 5.97 Å². The zero-order chi connectivity index (χ0) is 14.8. The van der Waals surface area contributed by atoms with Crippen LogP contribution in [0.15, 0.2) is 30.3 Å². The first-order chi connectivity index (χ1) is 9.36. The van der Waals surface area contributed by atoms with Crippen LogP contribution in [0.25, 0.3) is 0 Å². The van der Waals surface area contributed by atoms with Gasteiger partial charge in [0, 0.05) is 5.41 Å². The molecule has 0 aliphatic carbocycles. The van der Waals surface area contributed by atoms with Crippen LogP contribution in [0.4, 0.5) is 0 Å². The summed E-state index contributed by atoms with van der Waals surface area (Å²) < 4.78 is 1.68. The van der Waals surface area contributed by atoms with Gasteiger partial charge in [-0.25, -0.2) is 9.67 Å². The van der Waals surface area contributed by atoms with Crippen LogP contribution in [-0.4, -0.2) is 25.8 Å². The highest BCUT2D eigenvalue weighted by molar-refractivity contribution is 5.69. The number of carboxylic acids is 1. The Labute approximate surface area is 118 Å². The largest absolute Gasteiger partial charge is 0.481 e. The lowest BCUT2D eigenvalue weighted by Crippen LogP contribution is -2.14. The van der Waals surface area contributed by atoms with Gasteiger partial charge >= 0.3 is 5.97 Å². The molecule has 5 nitrogen and oxygen atoms in total. The molecule has 0 unspecified atom stereocenters. The molecule has 1 aromatic heterocycles. The molecule has 0 saturated carbocycles. The van der Waals surface area contributed by atoms with Crippen molar-refractivity contribution in [3.05, 3.63) is 47.5 Å². The van der Waals surface area contributed by atoms with Crippen molar-refractivity contribution in [3.63, 3.8) is 0 Å². The highest BCUT2D eigenvalue weighted by Crippen LogP contribution is 2.19. The molecule has 0 radical (unpaired) electrons. The monoisotopic (exact) mass is 273 g/mol. The summed E-state index contributed by atoms with van der Waals surface area (Å²) in [6, 6.07) is 9.83. The molecule has 2 aromatic rings. The molecule has 2 rings (SSSR count). The molecule has 1 heterocycles. The van der Waals surface area contributed by atoms with E-state index in [-0.39, 0.29) is 11.8 Å². The van der Waals surface area contributed by atoms with Gasteiger partial charge in [-0.3, -0.25) is 4.79 Å². The second kappa shape index (κ2) is 5.45. The number of carboxylic acid groups (broad SMARTS) is 1. The lowest BCUT2D eigenvalue weighted by atomic mass is 9.96. The van der Waals surface area contributed by atoms with Crippen molar-refractivity contribution in [2.45, 2.75) is 39.2 Å². The summed E-state index contributed by atoms with van der Waals surface area (Å²) in [7, 11) is 0. The van der Waals surface area contributed by atoms with Crippen LogP contribution in [0, 0.1) is 0 Å². The zero-order valence-corrected chi connectivity index (χ0v) is 12.0. The molecular weight excluding hydrogens is 254 g/mol. The van der Waals surface area contributed by atoms with Gasteiger partial charge in [-0.05, 0) is 5.56 Å². The van der Waals surface area contributed by atoms with Gasteiger partial charge < -0.3 is 5.11 Å². The maximum absolute atomic E-state index is 11.0. The number of hydrogen-bond donors (Lipinski definition) is 1. The lowest BCUT2D eigenvalue weighted by molar-refractivity contribution is -0.136. The number of carbonyl (C=O) groups is 1. The fraction of sp³-hybridized carbons (Fsp3) is 0.400. The molecule has 0 bridgehead atoms. The number of aromatic nitrogens is 3. The topological polar surface area (TPSA) is 68.0 Å². The van der Waals surface area contributed by atoms with E-state index in [0.29, 0.717) is 18.2 Å². The third-order valence-electron chi connectivity index (χ3n) is 2.90. The molecule has 0 fully saturated rings. The Balaban J connectivity index is 2.34. The zero-order valence-electron chi connectivity index (χ0n) is 12.0. The highest BCUT2D eigenvalue weighted by Gasteiger charge is 2.22. The molecule has 0 saturated heterocycles. The van der Waals surface area contributed by atoms with Crippen molar-refractivity contribution in [1.29, 1.82) is 0 Å². The van der Waals surface area contributed by atoms with Gasteiger partial charge in [-0.2, -0.15) is 5.10 Å². The molecular formula is C15H19N3O2. The minimum absolute atomic E-state index is 0.115. The van der Waals surface area contributed by atoms with Crippen molar-refractivity contribution in [2.75, 3.05) is 0 Å². The van der Waals surface area contributed by atoms with Crippen LogP contribution in [0.3, 0.4) is 0 Å². The van der Waals surface area contributed by atoms with Crippen LogP contribution >= 0.6 is 0 Å². The van der Waals surface area contributed by atoms with E-state index < -0.39 is 5.97 Å².